The van der Waals surface area contributed by atoms with Gasteiger partial charge in [0.05, 0.1) is 18.8 Å². The highest BCUT2D eigenvalue weighted by Gasteiger charge is 2.43. The van der Waals surface area contributed by atoms with Gasteiger partial charge in [0.25, 0.3) is 0 Å². The van der Waals surface area contributed by atoms with E-state index in [2.05, 4.69) is 18.7 Å². The van der Waals surface area contributed by atoms with Crippen LogP contribution in [-0.4, -0.2) is 72.4 Å². The second kappa shape index (κ2) is 9.68. The van der Waals surface area contributed by atoms with Gasteiger partial charge in [-0.3, -0.25) is 4.90 Å². The number of ether oxygens (including phenoxy) is 2. The van der Waals surface area contributed by atoms with Crippen molar-refractivity contribution in [3.63, 3.8) is 0 Å². The third-order valence-corrected chi connectivity index (χ3v) is 3.73. The Morgan fingerprint density at radius 3 is 2.25 bits per heavy atom. The van der Waals surface area contributed by atoms with Crippen LogP contribution < -0.4 is 0 Å². The Bertz CT molecular complexity index is 252. The highest BCUT2D eigenvalue weighted by atomic mass is 16.5. The van der Waals surface area contributed by atoms with Gasteiger partial charge in [-0.25, -0.2) is 0 Å². The van der Waals surface area contributed by atoms with Crippen LogP contribution in [-0.2, 0) is 9.47 Å². The molecule has 1 aliphatic rings. The van der Waals surface area contributed by atoms with Crippen molar-refractivity contribution in [1.82, 2.24) is 4.90 Å². The molecule has 1 aliphatic heterocycles. The predicted octanol–water partition coefficient (Wildman–Crippen LogP) is 1.02. The summed E-state index contributed by atoms with van der Waals surface area (Å²) in [6, 6.07) is -0.141. The molecule has 5 heteroatoms. The monoisotopic (exact) mass is 289 g/mol. The van der Waals surface area contributed by atoms with Crippen LogP contribution in [0.4, 0.5) is 0 Å². The summed E-state index contributed by atoms with van der Waals surface area (Å²) in [6.45, 7) is 9.00. The van der Waals surface area contributed by atoms with Gasteiger partial charge in [-0.1, -0.05) is 20.8 Å². The van der Waals surface area contributed by atoms with E-state index in [0.717, 1.165) is 25.8 Å². The summed E-state index contributed by atoms with van der Waals surface area (Å²) in [7, 11) is 0. The summed E-state index contributed by atoms with van der Waals surface area (Å²) in [4.78, 5) is 2.19. The van der Waals surface area contributed by atoms with E-state index in [1.54, 1.807) is 0 Å². The minimum absolute atomic E-state index is 0.00589. The number of hydrogen-bond acceptors (Lipinski definition) is 5. The molecule has 4 atom stereocenters. The van der Waals surface area contributed by atoms with Crippen LogP contribution in [0.3, 0.4) is 0 Å². The van der Waals surface area contributed by atoms with Gasteiger partial charge >= 0.3 is 0 Å². The van der Waals surface area contributed by atoms with Crippen LogP contribution in [0.15, 0.2) is 0 Å². The van der Waals surface area contributed by atoms with Gasteiger partial charge in [-0.15, -0.1) is 0 Å². The summed E-state index contributed by atoms with van der Waals surface area (Å²) < 4.78 is 11.6. The quantitative estimate of drug-likeness (QED) is 0.664. The van der Waals surface area contributed by atoms with Gasteiger partial charge in [0.15, 0.2) is 0 Å². The first kappa shape index (κ1) is 17.9. The van der Waals surface area contributed by atoms with Crippen LogP contribution in [0.5, 0.6) is 0 Å². The molecule has 0 radical (unpaired) electrons. The van der Waals surface area contributed by atoms with Crippen LogP contribution >= 0.6 is 0 Å². The lowest BCUT2D eigenvalue weighted by Crippen LogP contribution is -2.64. The Labute approximate surface area is 122 Å². The lowest BCUT2D eigenvalue weighted by atomic mass is 9.93. The molecule has 0 spiro atoms. The van der Waals surface area contributed by atoms with E-state index < -0.39 is 6.10 Å². The number of rotatable bonds is 9. The topological polar surface area (TPSA) is 62.2 Å². The fourth-order valence-electron chi connectivity index (χ4n) is 2.77. The number of aliphatic hydroxyl groups excluding tert-OH is 2. The van der Waals surface area contributed by atoms with Gasteiger partial charge in [-0.05, 0) is 25.8 Å². The van der Waals surface area contributed by atoms with Crippen LogP contribution in [0.1, 0.15) is 40.0 Å². The SMILES string of the molecule is CCCOC1CN(CCC)C(CO)[C@@H](OCCC)C1O. The molecule has 1 heterocycles. The second-order valence-corrected chi connectivity index (χ2v) is 5.48. The molecule has 5 nitrogen and oxygen atoms in total. The summed E-state index contributed by atoms with van der Waals surface area (Å²) >= 11 is 0. The van der Waals surface area contributed by atoms with E-state index in [9.17, 15) is 10.2 Å². The molecule has 0 aliphatic carbocycles. The van der Waals surface area contributed by atoms with Crippen molar-refractivity contribution in [1.29, 1.82) is 0 Å². The van der Waals surface area contributed by atoms with E-state index in [4.69, 9.17) is 9.47 Å². The van der Waals surface area contributed by atoms with E-state index in [-0.39, 0.29) is 24.9 Å². The summed E-state index contributed by atoms with van der Waals surface area (Å²) in [5.41, 5.74) is 0. The number of hydrogen-bond donors (Lipinski definition) is 2. The van der Waals surface area contributed by atoms with Crippen molar-refractivity contribution in [2.75, 3.05) is 32.9 Å². The Hall–Kier alpha value is -0.200. The van der Waals surface area contributed by atoms with Gasteiger partial charge in [-0.2, -0.15) is 0 Å². The molecule has 0 aromatic carbocycles. The third-order valence-electron chi connectivity index (χ3n) is 3.73. The van der Waals surface area contributed by atoms with Crippen molar-refractivity contribution in [3.05, 3.63) is 0 Å². The Kier molecular flexibility index (Phi) is 8.64. The average molecular weight is 289 g/mol. The highest BCUT2D eigenvalue weighted by Crippen LogP contribution is 2.24. The van der Waals surface area contributed by atoms with Gasteiger partial charge < -0.3 is 19.7 Å². The van der Waals surface area contributed by atoms with Crippen LogP contribution in [0, 0.1) is 0 Å². The number of nitrogens with zero attached hydrogens (tertiary/aromatic N) is 1. The smallest absolute Gasteiger partial charge is 0.109 e. The van der Waals surface area contributed by atoms with Crippen molar-refractivity contribution in [2.24, 2.45) is 0 Å². The maximum Gasteiger partial charge on any atom is 0.109 e. The predicted molar refractivity (Wildman–Crippen MR) is 78.8 cm³/mol. The summed E-state index contributed by atoms with van der Waals surface area (Å²) in [5, 5.41) is 20.1. The van der Waals surface area contributed by atoms with Gasteiger partial charge in [0.1, 0.15) is 12.2 Å². The Morgan fingerprint density at radius 1 is 1.05 bits per heavy atom. The first-order chi connectivity index (χ1) is 9.69. The lowest BCUT2D eigenvalue weighted by molar-refractivity contribution is -0.180. The third kappa shape index (κ3) is 4.67. The fraction of sp³-hybridized carbons (Fsp3) is 1.00. The van der Waals surface area contributed by atoms with E-state index >= 15 is 0 Å². The molecular weight excluding hydrogens is 258 g/mol. The summed E-state index contributed by atoms with van der Waals surface area (Å²) in [6.07, 6.45) is 1.57. The minimum Gasteiger partial charge on any atom is -0.395 e. The lowest BCUT2D eigenvalue weighted by Gasteiger charge is -2.46. The zero-order chi connectivity index (χ0) is 15.0. The van der Waals surface area contributed by atoms with E-state index in [1.165, 1.54) is 0 Å². The molecule has 0 aromatic heterocycles. The van der Waals surface area contributed by atoms with Crippen molar-refractivity contribution >= 4 is 0 Å². The summed E-state index contributed by atoms with van der Waals surface area (Å²) in [5.74, 6) is 0. The van der Waals surface area contributed by atoms with E-state index in [0.29, 0.717) is 19.8 Å². The largest absolute Gasteiger partial charge is 0.395 e. The molecular formula is C15H31NO4. The molecule has 0 bridgehead atoms. The average Bonchev–Trinajstić information content (AvgIpc) is 2.46. The highest BCUT2D eigenvalue weighted by molar-refractivity contribution is 4.96. The minimum atomic E-state index is -0.668. The second-order valence-electron chi connectivity index (χ2n) is 5.48. The molecule has 120 valence electrons. The molecule has 3 unspecified atom stereocenters. The molecule has 0 amide bonds. The molecule has 1 fully saturated rings. The van der Waals surface area contributed by atoms with Crippen LogP contribution in [0.2, 0.25) is 0 Å². The molecule has 2 N–H and O–H groups in total. The number of aliphatic hydroxyl groups is 2. The van der Waals surface area contributed by atoms with Gasteiger partial charge in [0, 0.05) is 19.8 Å². The zero-order valence-electron chi connectivity index (χ0n) is 13.1. The maximum atomic E-state index is 10.5. The fourth-order valence-corrected chi connectivity index (χ4v) is 2.77. The first-order valence-corrected chi connectivity index (χ1v) is 7.95. The molecule has 0 aromatic rings. The van der Waals surface area contributed by atoms with E-state index in [1.807, 2.05) is 6.92 Å². The Morgan fingerprint density at radius 2 is 1.70 bits per heavy atom. The van der Waals surface area contributed by atoms with Gasteiger partial charge in [0.2, 0.25) is 0 Å². The normalized spacial score (nSPS) is 31.6. The van der Waals surface area contributed by atoms with Crippen molar-refractivity contribution < 1.29 is 19.7 Å². The zero-order valence-corrected chi connectivity index (χ0v) is 13.1. The number of likely N-dealkylation sites (tertiary alicyclic amines) is 1. The maximum absolute atomic E-state index is 10.5. The van der Waals surface area contributed by atoms with Crippen molar-refractivity contribution in [3.8, 4) is 0 Å². The first-order valence-electron chi connectivity index (χ1n) is 7.95. The molecule has 0 saturated carbocycles. The van der Waals surface area contributed by atoms with Crippen molar-refractivity contribution in [2.45, 2.75) is 64.4 Å². The molecule has 1 saturated heterocycles. The standard InChI is InChI=1S/C15H31NO4/c1-4-7-16-10-13(19-8-5-2)14(18)15(12(16)11-17)20-9-6-3/h12-15,17-18H,4-11H2,1-3H3/t12?,13?,14?,15-/m1/s1. The van der Waals surface area contributed by atoms with Crippen LogP contribution in [0.25, 0.3) is 0 Å². The molecule has 20 heavy (non-hydrogen) atoms. The Balaban J connectivity index is 2.77. The number of piperidine rings is 1. The molecule has 1 rings (SSSR count).